The first-order valence-electron chi connectivity index (χ1n) is 10.2. The summed E-state index contributed by atoms with van der Waals surface area (Å²) < 4.78 is 13.2. The van der Waals surface area contributed by atoms with E-state index < -0.39 is 0 Å². The summed E-state index contributed by atoms with van der Waals surface area (Å²) in [6.07, 6.45) is 0.898. The molecule has 32 heavy (non-hydrogen) atoms. The van der Waals surface area contributed by atoms with Crippen LogP contribution < -0.4 is 4.90 Å². The van der Waals surface area contributed by atoms with E-state index >= 15 is 0 Å². The molecular formula is C24H19FN4OS2. The molecule has 160 valence electrons. The molecule has 1 aliphatic heterocycles. The summed E-state index contributed by atoms with van der Waals surface area (Å²) in [7, 11) is 0. The highest BCUT2D eigenvalue weighted by atomic mass is 32.2. The van der Waals surface area contributed by atoms with Crippen molar-refractivity contribution in [1.29, 1.82) is 0 Å². The van der Waals surface area contributed by atoms with Gasteiger partial charge in [0, 0.05) is 17.8 Å². The molecule has 5 nitrogen and oxygen atoms in total. The molecule has 0 saturated carbocycles. The lowest BCUT2D eigenvalue weighted by molar-refractivity contribution is -0.116. The Balaban J connectivity index is 1.26. The van der Waals surface area contributed by atoms with Crippen molar-refractivity contribution in [1.82, 2.24) is 15.2 Å². The van der Waals surface area contributed by atoms with Crippen LogP contribution in [-0.4, -0.2) is 33.4 Å². The van der Waals surface area contributed by atoms with Crippen LogP contribution in [0.5, 0.6) is 0 Å². The molecule has 2 aromatic carbocycles. The average Bonchev–Trinajstić information content (AvgIpc) is 3.42. The number of aryl methyl sites for hydroxylation is 1. The van der Waals surface area contributed by atoms with Gasteiger partial charge in [-0.2, -0.15) is 0 Å². The minimum Gasteiger partial charge on any atom is -0.311 e. The molecule has 0 aliphatic carbocycles. The Bertz CT molecular complexity index is 1270. The van der Waals surface area contributed by atoms with Gasteiger partial charge in [0.25, 0.3) is 0 Å². The Morgan fingerprint density at radius 1 is 1.09 bits per heavy atom. The van der Waals surface area contributed by atoms with Crippen LogP contribution in [0, 0.1) is 12.7 Å². The summed E-state index contributed by atoms with van der Waals surface area (Å²) in [4.78, 5) is 20.1. The highest BCUT2D eigenvalue weighted by molar-refractivity contribution is 7.99. The number of aromatic nitrogens is 3. The van der Waals surface area contributed by atoms with Crippen LogP contribution in [-0.2, 0) is 11.2 Å². The maximum absolute atomic E-state index is 13.2. The molecule has 8 heteroatoms. The van der Waals surface area contributed by atoms with Crippen molar-refractivity contribution in [2.24, 2.45) is 0 Å². The predicted molar refractivity (Wildman–Crippen MR) is 126 cm³/mol. The summed E-state index contributed by atoms with van der Waals surface area (Å²) >= 11 is 2.89. The molecule has 0 spiro atoms. The van der Waals surface area contributed by atoms with Crippen molar-refractivity contribution >= 4 is 34.7 Å². The molecule has 3 heterocycles. The lowest BCUT2D eigenvalue weighted by atomic mass is 10.2. The van der Waals surface area contributed by atoms with E-state index in [1.807, 2.05) is 42.2 Å². The van der Waals surface area contributed by atoms with E-state index in [1.165, 1.54) is 40.8 Å². The standard InChI is InChI=1S/C24H19FN4OS2/c1-15-23(32-24(26-15)17-6-8-18(25)9-7-17)19-10-11-21(28-27-19)31-14-22(30)29-13-12-16-4-2-3-5-20(16)29/h2-11H,12-14H2,1H3. The zero-order valence-electron chi connectivity index (χ0n) is 17.3. The second kappa shape index (κ2) is 8.80. The maximum Gasteiger partial charge on any atom is 0.237 e. The fraction of sp³-hybridized carbons (Fsp3) is 0.167. The van der Waals surface area contributed by atoms with Crippen molar-refractivity contribution in [3.05, 3.63) is 77.7 Å². The molecular weight excluding hydrogens is 443 g/mol. The molecule has 0 bridgehead atoms. The van der Waals surface area contributed by atoms with Gasteiger partial charge in [0.05, 0.1) is 16.3 Å². The van der Waals surface area contributed by atoms with Gasteiger partial charge in [-0.15, -0.1) is 21.5 Å². The van der Waals surface area contributed by atoms with E-state index in [0.29, 0.717) is 10.8 Å². The minimum atomic E-state index is -0.270. The number of benzene rings is 2. The van der Waals surface area contributed by atoms with Crippen LogP contribution >= 0.6 is 23.1 Å². The number of thioether (sulfide) groups is 1. The molecule has 0 unspecified atom stereocenters. The summed E-state index contributed by atoms with van der Waals surface area (Å²) in [5.74, 6) is 0.123. The number of fused-ring (bicyclic) bond motifs is 1. The molecule has 0 saturated heterocycles. The number of carbonyl (C=O) groups is 1. The lowest BCUT2D eigenvalue weighted by Crippen LogP contribution is -2.30. The number of thiazole rings is 1. The molecule has 0 fully saturated rings. The SMILES string of the molecule is Cc1nc(-c2ccc(F)cc2)sc1-c1ccc(SCC(=O)N2CCc3ccccc32)nn1. The second-order valence-corrected chi connectivity index (χ2v) is 9.40. The molecule has 1 amide bonds. The number of halogens is 1. The fourth-order valence-electron chi connectivity index (χ4n) is 3.68. The van der Waals surface area contributed by atoms with E-state index in [9.17, 15) is 9.18 Å². The second-order valence-electron chi connectivity index (χ2n) is 7.41. The van der Waals surface area contributed by atoms with Crippen LogP contribution in [0.15, 0.2) is 65.7 Å². The molecule has 4 aromatic rings. The van der Waals surface area contributed by atoms with E-state index in [-0.39, 0.29) is 11.7 Å². The summed E-state index contributed by atoms with van der Waals surface area (Å²) in [6, 6.07) is 18.1. The number of para-hydroxylation sites is 1. The zero-order chi connectivity index (χ0) is 22.1. The van der Waals surface area contributed by atoms with Gasteiger partial charge in [0.15, 0.2) is 0 Å². The average molecular weight is 463 g/mol. The van der Waals surface area contributed by atoms with Crippen molar-refractivity contribution in [2.75, 3.05) is 17.2 Å². The fourth-order valence-corrected chi connectivity index (χ4v) is 5.41. The van der Waals surface area contributed by atoms with Gasteiger partial charge >= 0.3 is 0 Å². The van der Waals surface area contributed by atoms with Crippen molar-refractivity contribution in [3.8, 4) is 21.1 Å². The number of hydrogen-bond acceptors (Lipinski definition) is 6. The van der Waals surface area contributed by atoms with Gasteiger partial charge in [0.2, 0.25) is 5.91 Å². The summed E-state index contributed by atoms with van der Waals surface area (Å²) in [5, 5.41) is 10.2. The first-order chi connectivity index (χ1) is 15.6. The minimum absolute atomic E-state index is 0.0769. The normalized spacial score (nSPS) is 12.8. The Kier molecular flexibility index (Phi) is 5.71. The van der Waals surface area contributed by atoms with Crippen molar-refractivity contribution in [2.45, 2.75) is 18.4 Å². The number of carbonyl (C=O) groups excluding carboxylic acids is 1. The Hall–Kier alpha value is -3.10. The third-order valence-corrected chi connectivity index (χ3v) is 7.43. The molecule has 0 N–H and O–H groups in total. The van der Waals surface area contributed by atoms with Crippen LogP contribution in [0.4, 0.5) is 10.1 Å². The van der Waals surface area contributed by atoms with E-state index in [0.717, 1.165) is 45.5 Å². The van der Waals surface area contributed by atoms with Gasteiger partial charge in [-0.3, -0.25) is 4.79 Å². The van der Waals surface area contributed by atoms with Gasteiger partial charge in [0.1, 0.15) is 21.5 Å². The number of hydrogen-bond donors (Lipinski definition) is 0. The largest absolute Gasteiger partial charge is 0.311 e. The van der Waals surface area contributed by atoms with Crippen LogP contribution in [0.3, 0.4) is 0 Å². The van der Waals surface area contributed by atoms with Gasteiger partial charge in [-0.25, -0.2) is 9.37 Å². The molecule has 0 radical (unpaired) electrons. The first-order valence-corrected chi connectivity index (χ1v) is 12.0. The monoisotopic (exact) mass is 462 g/mol. The number of anilines is 1. The van der Waals surface area contributed by atoms with Crippen LogP contribution in [0.2, 0.25) is 0 Å². The number of nitrogens with zero attached hydrogens (tertiary/aromatic N) is 4. The third-order valence-electron chi connectivity index (χ3n) is 5.29. The zero-order valence-corrected chi connectivity index (χ0v) is 18.9. The Morgan fingerprint density at radius 3 is 2.69 bits per heavy atom. The van der Waals surface area contributed by atoms with Gasteiger partial charge in [-0.1, -0.05) is 30.0 Å². The molecule has 1 aliphatic rings. The van der Waals surface area contributed by atoms with E-state index in [2.05, 4.69) is 21.2 Å². The quantitative estimate of drug-likeness (QED) is 0.372. The summed E-state index contributed by atoms with van der Waals surface area (Å²) in [5.41, 5.74) is 4.68. The first kappa shape index (κ1) is 20.8. The van der Waals surface area contributed by atoms with Crippen molar-refractivity contribution < 1.29 is 9.18 Å². The van der Waals surface area contributed by atoms with Gasteiger partial charge < -0.3 is 4.90 Å². The summed E-state index contributed by atoms with van der Waals surface area (Å²) in [6.45, 7) is 2.65. The van der Waals surface area contributed by atoms with Crippen LogP contribution in [0.25, 0.3) is 21.1 Å². The Labute approximate surface area is 193 Å². The molecule has 5 rings (SSSR count). The Morgan fingerprint density at radius 2 is 1.91 bits per heavy atom. The highest BCUT2D eigenvalue weighted by Crippen LogP contribution is 2.34. The molecule has 0 atom stereocenters. The third kappa shape index (κ3) is 4.16. The highest BCUT2D eigenvalue weighted by Gasteiger charge is 2.24. The topological polar surface area (TPSA) is 59.0 Å². The van der Waals surface area contributed by atoms with Crippen molar-refractivity contribution in [3.63, 3.8) is 0 Å². The number of rotatable bonds is 5. The predicted octanol–water partition coefficient (Wildman–Crippen LogP) is 5.40. The molecule has 2 aromatic heterocycles. The van der Waals surface area contributed by atoms with E-state index in [4.69, 9.17) is 0 Å². The maximum atomic E-state index is 13.2. The lowest BCUT2D eigenvalue weighted by Gasteiger charge is -2.16. The smallest absolute Gasteiger partial charge is 0.237 e. The van der Waals surface area contributed by atoms with Gasteiger partial charge in [-0.05, 0) is 61.4 Å². The van der Waals surface area contributed by atoms with E-state index in [1.54, 1.807) is 12.1 Å². The van der Waals surface area contributed by atoms with Crippen LogP contribution in [0.1, 0.15) is 11.3 Å². The number of amides is 1.